The molecule has 278 valence electrons. The van der Waals surface area contributed by atoms with E-state index >= 15 is 0 Å². The third-order valence-electron chi connectivity index (χ3n) is 8.39. The zero-order valence-corrected chi connectivity index (χ0v) is 32.3. The van der Waals surface area contributed by atoms with Crippen molar-refractivity contribution in [2.45, 2.75) is 163 Å². The zero-order valence-electron chi connectivity index (χ0n) is 32.3. The van der Waals surface area contributed by atoms with Crippen molar-refractivity contribution in [3.63, 3.8) is 0 Å². The summed E-state index contributed by atoms with van der Waals surface area (Å²) in [4.78, 5) is 0. The van der Waals surface area contributed by atoms with Gasteiger partial charge in [-0.2, -0.15) is 0 Å². The van der Waals surface area contributed by atoms with Gasteiger partial charge in [-0.05, 0) is 66.2 Å². The highest BCUT2D eigenvalue weighted by Crippen LogP contribution is 2.37. The van der Waals surface area contributed by atoms with Crippen molar-refractivity contribution >= 4 is 0 Å². The fourth-order valence-corrected chi connectivity index (χ4v) is 6.15. The first-order valence-corrected chi connectivity index (χ1v) is 18.7. The van der Waals surface area contributed by atoms with Crippen molar-refractivity contribution in [2.75, 3.05) is 61.5 Å². The zero-order chi connectivity index (χ0) is 34.9. The first-order chi connectivity index (χ1) is 22.4. The van der Waals surface area contributed by atoms with Gasteiger partial charge in [-0.3, -0.25) is 0 Å². The second kappa shape index (κ2) is 32.9. The van der Waals surface area contributed by atoms with Crippen LogP contribution in [-0.4, -0.2) is 79.5 Å². The van der Waals surface area contributed by atoms with Crippen LogP contribution in [0.3, 0.4) is 0 Å². The maximum Gasteiger partial charge on any atom is 0.310 e. The van der Waals surface area contributed by atoms with E-state index < -0.39 is 11.9 Å². The molecule has 0 radical (unpaired) electrons. The van der Waals surface area contributed by atoms with E-state index in [2.05, 4.69) is 32.9 Å². The van der Waals surface area contributed by atoms with Gasteiger partial charge in [0.25, 0.3) is 5.97 Å². The lowest BCUT2D eigenvalue weighted by molar-refractivity contribution is -0.415. The molecule has 0 aliphatic heterocycles. The molecule has 0 amide bonds. The second-order valence-corrected chi connectivity index (χ2v) is 11.8. The maximum atomic E-state index is 5.92. The van der Waals surface area contributed by atoms with Crippen LogP contribution in [0.4, 0.5) is 0 Å². The van der Waals surface area contributed by atoms with Crippen molar-refractivity contribution in [1.82, 2.24) is 0 Å². The summed E-state index contributed by atoms with van der Waals surface area (Å²) >= 11 is 0. The Morgan fingerprint density at radius 1 is 0.522 bits per heavy atom. The molecule has 0 fully saturated rings. The van der Waals surface area contributed by atoms with Gasteiger partial charge >= 0.3 is 5.97 Å². The molecule has 0 aromatic rings. The van der Waals surface area contributed by atoms with E-state index in [0.717, 1.165) is 38.7 Å². The quantitative estimate of drug-likeness (QED) is 0.0400. The first kappa shape index (κ1) is 47.5. The second-order valence-electron chi connectivity index (χ2n) is 11.8. The van der Waals surface area contributed by atoms with E-state index in [0.29, 0.717) is 32.3 Å². The van der Waals surface area contributed by atoms with Crippen molar-refractivity contribution < 1.29 is 37.9 Å². The summed E-state index contributed by atoms with van der Waals surface area (Å²) in [6.07, 6.45) is 22.2. The minimum absolute atomic E-state index is 0.134. The molecule has 8 heteroatoms. The molecule has 0 bridgehead atoms. The Morgan fingerprint density at radius 2 is 1.00 bits per heavy atom. The molecular weight excluding hydrogens is 584 g/mol. The molecule has 0 aromatic heterocycles. The number of allylic oxidation sites excluding steroid dienone is 2. The predicted octanol–water partition coefficient (Wildman–Crippen LogP) is 10.1. The van der Waals surface area contributed by atoms with Gasteiger partial charge in [0.1, 0.15) is 6.10 Å². The van der Waals surface area contributed by atoms with Gasteiger partial charge in [-0.25, -0.2) is 0 Å². The lowest BCUT2D eigenvalue weighted by Crippen LogP contribution is -2.51. The van der Waals surface area contributed by atoms with Crippen molar-refractivity contribution in [3.05, 3.63) is 12.2 Å². The summed E-state index contributed by atoms with van der Waals surface area (Å²) in [5.41, 5.74) is 0. The summed E-state index contributed by atoms with van der Waals surface area (Å²) in [7, 11) is 6.71. The van der Waals surface area contributed by atoms with E-state index in [-0.39, 0.29) is 12.0 Å². The minimum Gasteiger partial charge on any atom is -0.385 e. The molecule has 0 aliphatic rings. The number of hydrogen-bond donors (Lipinski definition) is 0. The van der Waals surface area contributed by atoms with E-state index in [1.807, 2.05) is 27.7 Å². The molecule has 8 nitrogen and oxygen atoms in total. The van der Waals surface area contributed by atoms with Crippen LogP contribution in [0, 0.1) is 11.8 Å². The lowest BCUT2D eigenvalue weighted by atomic mass is 9.82. The number of hydrogen-bond acceptors (Lipinski definition) is 8. The standard InChI is InChI=1S/C20H40O4.C18H38O4/c1-7-9-10-11-12-15-18(14-8-2)19(16-13-17-21-3)20(22-4,23-5)24-6;1-6-11-12-13-14-15-16-17(19-7-2)18(20-8-3,21-9-4)22-10-5/h8,14,18-19H,7,9-13,15-17H2,1-6H3;17H,6-16H2,1-5H3. The van der Waals surface area contributed by atoms with Crippen molar-refractivity contribution in [1.29, 1.82) is 0 Å². The molecule has 0 spiro atoms. The largest absolute Gasteiger partial charge is 0.385 e. The molecule has 0 N–H and O–H groups in total. The maximum absolute atomic E-state index is 5.92. The summed E-state index contributed by atoms with van der Waals surface area (Å²) in [6, 6.07) is 0. The SMILES string of the molecule is CC=CC(CCCCCCC)C(CCCOC)C(OC)(OC)OC.CCCCCCCCC(OCC)C(OCC)(OCC)OCC. The van der Waals surface area contributed by atoms with Gasteiger partial charge in [0.05, 0.1) is 0 Å². The van der Waals surface area contributed by atoms with E-state index in [4.69, 9.17) is 37.9 Å². The highest BCUT2D eigenvalue weighted by atomic mass is 16.9. The summed E-state index contributed by atoms with van der Waals surface area (Å²) < 4.78 is 45.7. The fraction of sp³-hybridized carbons (Fsp3) is 0.947. The van der Waals surface area contributed by atoms with Crippen LogP contribution in [0.15, 0.2) is 12.2 Å². The molecule has 3 unspecified atom stereocenters. The summed E-state index contributed by atoms with van der Waals surface area (Å²) in [5, 5.41) is 0. The van der Waals surface area contributed by atoms with Crippen LogP contribution in [0.5, 0.6) is 0 Å². The Bertz CT molecular complexity index is 615. The number of rotatable bonds is 32. The Labute approximate surface area is 285 Å². The molecule has 3 atom stereocenters. The van der Waals surface area contributed by atoms with E-state index in [9.17, 15) is 0 Å². The molecular formula is C38H78O8. The summed E-state index contributed by atoms with van der Waals surface area (Å²) in [6.45, 7) is 17.4. The van der Waals surface area contributed by atoms with Gasteiger partial charge in [0, 0.05) is 67.4 Å². The molecule has 0 aliphatic carbocycles. The Hall–Kier alpha value is -0.580. The Morgan fingerprint density at radius 3 is 1.41 bits per heavy atom. The van der Waals surface area contributed by atoms with Crippen LogP contribution in [0.2, 0.25) is 0 Å². The molecule has 0 rings (SSSR count). The average molecular weight is 663 g/mol. The number of ether oxygens (including phenoxy) is 8. The van der Waals surface area contributed by atoms with Crippen LogP contribution >= 0.6 is 0 Å². The van der Waals surface area contributed by atoms with Crippen molar-refractivity contribution in [3.8, 4) is 0 Å². The highest BCUT2D eigenvalue weighted by Gasteiger charge is 2.44. The molecule has 0 saturated heterocycles. The Kier molecular flexibility index (Phi) is 34.0. The van der Waals surface area contributed by atoms with Gasteiger partial charge < -0.3 is 37.9 Å². The third-order valence-corrected chi connectivity index (χ3v) is 8.39. The van der Waals surface area contributed by atoms with Crippen LogP contribution in [-0.2, 0) is 37.9 Å². The van der Waals surface area contributed by atoms with E-state index in [1.165, 1.54) is 64.2 Å². The van der Waals surface area contributed by atoms with Crippen LogP contribution in [0.25, 0.3) is 0 Å². The Balaban J connectivity index is 0. The molecule has 46 heavy (non-hydrogen) atoms. The highest BCUT2D eigenvalue weighted by molar-refractivity contribution is 4.93. The summed E-state index contributed by atoms with van der Waals surface area (Å²) in [5.74, 6) is -1.55. The van der Waals surface area contributed by atoms with Gasteiger partial charge in [-0.15, -0.1) is 0 Å². The third kappa shape index (κ3) is 20.1. The molecule has 0 heterocycles. The molecule has 0 aromatic carbocycles. The predicted molar refractivity (Wildman–Crippen MR) is 191 cm³/mol. The normalized spacial score (nSPS) is 14.3. The van der Waals surface area contributed by atoms with Gasteiger partial charge in [0.15, 0.2) is 0 Å². The first-order valence-electron chi connectivity index (χ1n) is 18.7. The topological polar surface area (TPSA) is 73.8 Å². The van der Waals surface area contributed by atoms with E-state index in [1.54, 1.807) is 28.4 Å². The average Bonchev–Trinajstić information content (AvgIpc) is 3.06. The van der Waals surface area contributed by atoms with Gasteiger partial charge in [-0.1, -0.05) is 96.6 Å². The molecule has 0 saturated carbocycles. The number of methoxy groups -OCH3 is 4. The van der Waals surface area contributed by atoms with Gasteiger partial charge in [0.2, 0.25) is 0 Å². The lowest BCUT2D eigenvalue weighted by Gasteiger charge is -2.40. The van der Waals surface area contributed by atoms with Crippen molar-refractivity contribution in [2.24, 2.45) is 11.8 Å². The van der Waals surface area contributed by atoms with Crippen LogP contribution in [0.1, 0.15) is 145 Å². The fourth-order valence-electron chi connectivity index (χ4n) is 6.15. The number of unbranched alkanes of at least 4 members (excludes halogenated alkanes) is 9. The minimum atomic E-state index is -1.06. The smallest absolute Gasteiger partial charge is 0.310 e. The monoisotopic (exact) mass is 663 g/mol. The van der Waals surface area contributed by atoms with Crippen LogP contribution < -0.4 is 0 Å².